The van der Waals surface area contributed by atoms with Gasteiger partial charge in [-0.25, -0.2) is 17.8 Å². The maximum Gasteiger partial charge on any atom is 0.181 e. The second-order valence-corrected chi connectivity index (χ2v) is 11.9. The number of aromatic nitrogens is 1. The average Bonchev–Trinajstić information content (AvgIpc) is 3.29. The number of nitrogens with zero attached hydrogens (tertiary/aromatic N) is 2. The summed E-state index contributed by atoms with van der Waals surface area (Å²) in [4.78, 5) is 9.62. The minimum atomic E-state index is -3.57. The molecule has 0 bridgehead atoms. The predicted octanol–water partition coefficient (Wildman–Crippen LogP) is 4.64. The van der Waals surface area contributed by atoms with E-state index in [-0.39, 0.29) is 11.6 Å². The van der Waals surface area contributed by atoms with Crippen molar-refractivity contribution in [2.75, 3.05) is 5.75 Å². The van der Waals surface area contributed by atoms with Gasteiger partial charge in [-0.05, 0) is 50.6 Å². The molecule has 1 aromatic carbocycles. The Morgan fingerprint density at radius 2 is 1.90 bits per heavy atom. The first-order chi connectivity index (χ1) is 13.9. The number of hydrogen-bond acceptors (Lipinski definition) is 7. The van der Waals surface area contributed by atoms with Crippen LogP contribution in [0.1, 0.15) is 25.6 Å². The van der Waals surface area contributed by atoms with E-state index in [1.807, 2.05) is 0 Å². The summed E-state index contributed by atoms with van der Waals surface area (Å²) in [7, 11) is -3.57. The Bertz CT molecular complexity index is 1270. The maximum absolute atomic E-state index is 14.3. The highest BCUT2D eigenvalue weighted by atomic mass is 35.5. The van der Waals surface area contributed by atoms with E-state index in [2.05, 4.69) is 9.98 Å². The van der Waals surface area contributed by atoms with E-state index >= 15 is 0 Å². The molecule has 10 heteroatoms. The van der Waals surface area contributed by atoms with Crippen molar-refractivity contribution in [3.05, 3.63) is 52.6 Å². The van der Waals surface area contributed by atoms with Crippen LogP contribution in [0.2, 0.25) is 5.02 Å². The summed E-state index contributed by atoms with van der Waals surface area (Å²) in [5.41, 5.74) is 6.02. The highest BCUT2D eigenvalue weighted by Crippen LogP contribution is 2.46. The molecule has 4 rings (SSSR count). The largest absolute Gasteiger partial charge is 0.444 e. The third kappa shape index (κ3) is 3.34. The van der Waals surface area contributed by atoms with Gasteiger partial charge in [0.2, 0.25) is 0 Å². The number of amidine groups is 1. The first-order valence-electron chi connectivity index (χ1n) is 9.01. The van der Waals surface area contributed by atoms with Crippen molar-refractivity contribution in [1.82, 2.24) is 4.98 Å². The molecule has 1 aliphatic rings. The van der Waals surface area contributed by atoms with Gasteiger partial charge in [-0.3, -0.25) is 4.99 Å². The number of thiophene rings is 1. The van der Waals surface area contributed by atoms with Crippen LogP contribution in [0.5, 0.6) is 0 Å². The lowest BCUT2D eigenvalue weighted by molar-refractivity contribution is 0.507. The normalized spacial score (nSPS) is 22.6. The Labute approximate surface area is 182 Å². The average molecular weight is 468 g/mol. The molecule has 6 nitrogen and oxygen atoms in total. The smallest absolute Gasteiger partial charge is 0.181 e. The minimum Gasteiger partial charge on any atom is -0.444 e. The van der Waals surface area contributed by atoms with Crippen LogP contribution in [0.15, 0.2) is 46.3 Å². The van der Waals surface area contributed by atoms with Crippen LogP contribution in [-0.4, -0.2) is 29.7 Å². The molecule has 0 spiro atoms. The lowest BCUT2D eigenvalue weighted by Crippen LogP contribution is -2.54. The Morgan fingerprint density at radius 3 is 2.53 bits per heavy atom. The molecule has 3 aromatic rings. The van der Waals surface area contributed by atoms with Gasteiger partial charge in [0.25, 0.3) is 0 Å². The van der Waals surface area contributed by atoms with Crippen molar-refractivity contribution in [1.29, 1.82) is 0 Å². The summed E-state index contributed by atoms with van der Waals surface area (Å²) in [6.45, 7) is 4.78. The van der Waals surface area contributed by atoms with Crippen molar-refractivity contribution >= 4 is 38.6 Å². The van der Waals surface area contributed by atoms with E-state index in [9.17, 15) is 12.8 Å². The second-order valence-electron chi connectivity index (χ2n) is 7.92. The molecule has 0 aliphatic carbocycles. The quantitative estimate of drug-likeness (QED) is 0.604. The second kappa shape index (κ2) is 6.90. The van der Waals surface area contributed by atoms with Gasteiger partial charge in [0.15, 0.2) is 22.0 Å². The molecule has 0 fully saturated rings. The van der Waals surface area contributed by atoms with Crippen molar-refractivity contribution in [2.24, 2.45) is 10.7 Å². The van der Waals surface area contributed by atoms with E-state index < -0.39 is 25.9 Å². The van der Waals surface area contributed by atoms with E-state index in [0.717, 1.165) is 0 Å². The fourth-order valence-corrected chi connectivity index (χ4v) is 6.75. The first kappa shape index (κ1) is 21.0. The highest BCUT2D eigenvalue weighted by Gasteiger charge is 2.49. The van der Waals surface area contributed by atoms with Crippen LogP contribution in [0, 0.1) is 5.82 Å². The summed E-state index contributed by atoms with van der Waals surface area (Å²) in [5.74, 6) is -0.190. The number of oxazole rings is 1. The highest BCUT2D eigenvalue weighted by molar-refractivity contribution is 7.93. The monoisotopic (exact) mass is 467 g/mol. The standard InChI is InChI=1S/C20H19ClFN3O3S2/c1-19(2)18(23)25-20(3,9-30(19,26)27)17-14(21)7-16(29-17)12-4-11(5-13(22)6-12)15-8-24-10-28-15/h4-8,10H,9H2,1-3H3,(H2,23,25). The molecular weight excluding hydrogens is 449 g/mol. The van der Waals surface area contributed by atoms with Gasteiger partial charge in [0, 0.05) is 10.4 Å². The Balaban J connectivity index is 1.81. The van der Waals surface area contributed by atoms with Gasteiger partial charge in [-0.2, -0.15) is 0 Å². The number of nitrogens with two attached hydrogens (primary N) is 1. The van der Waals surface area contributed by atoms with Crippen LogP contribution in [0.25, 0.3) is 21.8 Å². The summed E-state index contributed by atoms with van der Waals surface area (Å²) in [6.07, 6.45) is 2.77. The number of sulfone groups is 1. The maximum atomic E-state index is 14.3. The number of hydrogen-bond donors (Lipinski definition) is 1. The Kier molecular flexibility index (Phi) is 4.83. The van der Waals surface area contributed by atoms with Gasteiger partial charge in [-0.15, -0.1) is 11.3 Å². The summed E-state index contributed by atoms with van der Waals surface area (Å²) in [5, 5.41) is 0.356. The zero-order valence-corrected chi connectivity index (χ0v) is 18.8. The third-order valence-electron chi connectivity index (χ3n) is 5.31. The number of halogens is 2. The third-order valence-corrected chi connectivity index (χ3v) is 9.86. The van der Waals surface area contributed by atoms with E-state index in [1.165, 1.54) is 36.1 Å². The molecule has 3 heterocycles. The van der Waals surface area contributed by atoms with Crippen LogP contribution in [-0.2, 0) is 15.4 Å². The molecular formula is C20H19ClFN3O3S2. The lowest BCUT2D eigenvalue weighted by Gasteiger charge is -2.37. The van der Waals surface area contributed by atoms with Crippen molar-refractivity contribution in [2.45, 2.75) is 31.1 Å². The summed E-state index contributed by atoms with van der Waals surface area (Å²) < 4.78 is 44.0. The summed E-state index contributed by atoms with van der Waals surface area (Å²) >= 11 is 7.76. The molecule has 1 aliphatic heterocycles. The van der Waals surface area contributed by atoms with Gasteiger partial charge >= 0.3 is 0 Å². The zero-order chi connectivity index (χ0) is 21.9. The lowest BCUT2D eigenvalue weighted by atomic mass is 10.0. The van der Waals surface area contributed by atoms with Gasteiger partial charge in [0.05, 0.1) is 21.8 Å². The molecule has 2 aromatic heterocycles. The van der Waals surface area contributed by atoms with Gasteiger partial charge < -0.3 is 10.2 Å². The van der Waals surface area contributed by atoms with Crippen LogP contribution >= 0.6 is 22.9 Å². The number of aliphatic imine (C=N–C) groups is 1. The zero-order valence-electron chi connectivity index (χ0n) is 16.4. The van der Waals surface area contributed by atoms with Crippen LogP contribution in [0.3, 0.4) is 0 Å². The molecule has 1 unspecified atom stereocenters. The number of benzene rings is 1. The molecule has 0 saturated carbocycles. The Hall–Kier alpha value is -2.23. The molecule has 30 heavy (non-hydrogen) atoms. The van der Waals surface area contributed by atoms with E-state index in [0.29, 0.717) is 31.7 Å². The van der Waals surface area contributed by atoms with E-state index in [1.54, 1.807) is 32.9 Å². The van der Waals surface area contributed by atoms with Crippen LogP contribution < -0.4 is 5.73 Å². The van der Waals surface area contributed by atoms with Crippen molar-refractivity contribution in [3.8, 4) is 21.8 Å². The van der Waals surface area contributed by atoms with E-state index in [4.69, 9.17) is 21.8 Å². The first-order valence-corrected chi connectivity index (χ1v) is 11.9. The Morgan fingerprint density at radius 1 is 1.20 bits per heavy atom. The molecule has 0 saturated heterocycles. The fourth-order valence-electron chi connectivity index (χ4n) is 3.37. The molecule has 1 atom stereocenters. The van der Waals surface area contributed by atoms with Crippen molar-refractivity contribution < 1.29 is 17.2 Å². The fraction of sp³-hybridized carbons (Fsp3) is 0.300. The van der Waals surface area contributed by atoms with Crippen LogP contribution in [0.4, 0.5) is 4.39 Å². The SMILES string of the molecule is CC1(c2sc(-c3cc(F)cc(-c4cnco4)c3)cc2Cl)CS(=O)(=O)C(C)(C)C(N)=N1. The topological polar surface area (TPSA) is 98.5 Å². The molecule has 0 radical (unpaired) electrons. The summed E-state index contributed by atoms with van der Waals surface area (Å²) in [6, 6.07) is 6.18. The van der Waals surface area contributed by atoms with Crippen molar-refractivity contribution in [3.63, 3.8) is 0 Å². The van der Waals surface area contributed by atoms with Gasteiger partial charge in [-0.1, -0.05) is 11.6 Å². The number of rotatable bonds is 3. The van der Waals surface area contributed by atoms with Gasteiger partial charge in [0.1, 0.15) is 21.9 Å². The minimum absolute atomic E-state index is 0.0422. The molecule has 0 amide bonds. The predicted molar refractivity (Wildman–Crippen MR) is 117 cm³/mol. The molecule has 2 N–H and O–H groups in total. The molecule has 158 valence electrons.